The highest BCUT2D eigenvalue weighted by atomic mass is 35.5. The predicted molar refractivity (Wildman–Crippen MR) is 212 cm³/mol. The van der Waals surface area contributed by atoms with E-state index in [1.54, 1.807) is 12.1 Å². The minimum Gasteiger partial charge on any atom is -0.377 e. The number of carbonyl (C=O) groups is 1. The normalized spacial score (nSPS) is 21.0. The van der Waals surface area contributed by atoms with Crippen molar-refractivity contribution < 1.29 is 43.6 Å². The van der Waals surface area contributed by atoms with Crippen molar-refractivity contribution in [1.82, 2.24) is 14.5 Å². The molecule has 2 saturated heterocycles. The van der Waals surface area contributed by atoms with Crippen molar-refractivity contribution >= 4 is 54.3 Å². The molecule has 58 heavy (non-hydrogen) atoms. The number of rotatable bonds is 12. The minimum atomic E-state index is -6.09. The van der Waals surface area contributed by atoms with E-state index in [9.17, 15) is 43.6 Å². The summed E-state index contributed by atoms with van der Waals surface area (Å²) in [6.45, 7) is 7.46. The van der Waals surface area contributed by atoms with Crippen molar-refractivity contribution in [2.75, 3.05) is 62.6 Å². The predicted octanol–water partition coefficient (Wildman–Crippen LogP) is 7.43. The second-order valence-corrected chi connectivity index (χ2v) is 20.7. The molecular formula is C40H45ClF5N5O5S2. The van der Waals surface area contributed by atoms with Gasteiger partial charge in [0.1, 0.15) is 4.90 Å². The van der Waals surface area contributed by atoms with Gasteiger partial charge in [-0.25, -0.2) is 30.3 Å². The van der Waals surface area contributed by atoms with Gasteiger partial charge < -0.3 is 10.2 Å². The molecule has 10 nitrogen and oxygen atoms in total. The number of hydrogen-bond donors (Lipinski definition) is 2. The molecule has 2 aliphatic carbocycles. The standard InChI is InChI=1S/C40H45ClF5N5O5S2/c1-37(2)14-13-33(27-3-7-30(41)8-4-27)29(22-37)23-49-17-19-51(20-18-49)31-9-5-28(6-10-31)36(52)48-58(55,56)32-11-12-34(35(21-32)57(53,54)40(44,45)46)47-38(15-16-38)24-50-25-39(42,43)26-50/h3-12,21,47H,13-20,22-26H2,1-2H3,(H,48,52). The van der Waals surface area contributed by atoms with Crippen LogP contribution in [-0.4, -0.2) is 102 Å². The smallest absolute Gasteiger partial charge is 0.377 e. The van der Waals surface area contributed by atoms with E-state index >= 15 is 0 Å². The van der Waals surface area contributed by atoms with E-state index in [1.165, 1.54) is 33.7 Å². The molecule has 314 valence electrons. The summed E-state index contributed by atoms with van der Waals surface area (Å²) < 4.78 is 122. The molecule has 18 heteroatoms. The lowest BCUT2D eigenvalue weighted by Crippen LogP contribution is -2.59. The lowest BCUT2D eigenvalue weighted by Gasteiger charge is -2.41. The molecule has 2 N–H and O–H groups in total. The van der Waals surface area contributed by atoms with Crippen LogP contribution < -0.4 is 14.9 Å². The summed E-state index contributed by atoms with van der Waals surface area (Å²) in [5.74, 6) is -3.95. The lowest BCUT2D eigenvalue weighted by atomic mass is 9.73. The molecule has 3 aromatic carbocycles. The van der Waals surface area contributed by atoms with Gasteiger partial charge in [0.15, 0.2) is 0 Å². The highest BCUT2D eigenvalue weighted by molar-refractivity contribution is 7.92. The average molecular weight is 870 g/mol. The quantitative estimate of drug-likeness (QED) is 0.179. The van der Waals surface area contributed by atoms with Crippen molar-refractivity contribution in [3.05, 3.63) is 88.5 Å². The Labute approximate surface area is 340 Å². The Kier molecular flexibility index (Phi) is 11.2. The fourth-order valence-corrected chi connectivity index (χ4v) is 10.2. The van der Waals surface area contributed by atoms with Crippen molar-refractivity contribution in [1.29, 1.82) is 0 Å². The van der Waals surface area contributed by atoms with Crippen LogP contribution >= 0.6 is 11.6 Å². The van der Waals surface area contributed by atoms with Gasteiger partial charge in [-0.15, -0.1) is 0 Å². The number of carbonyl (C=O) groups excluding carboxylic acids is 1. The van der Waals surface area contributed by atoms with Gasteiger partial charge in [0.05, 0.1) is 29.2 Å². The zero-order valence-electron chi connectivity index (χ0n) is 32.0. The van der Waals surface area contributed by atoms with Crippen LogP contribution in [0.3, 0.4) is 0 Å². The third-order valence-corrected chi connectivity index (χ3v) is 14.5. The summed E-state index contributed by atoms with van der Waals surface area (Å²) in [5.41, 5.74) is -2.27. The molecule has 0 atom stereocenters. The lowest BCUT2D eigenvalue weighted by molar-refractivity contribution is -0.131. The Balaban J connectivity index is 0.999. The first-order valence-corrected chi connectivity index (χ1v) is 22.3. The molecule has 2 aliphatic heterocycles. The molecular weight excluding hydrogens is 825 g/mol. The number of nitrogens with zero attached hydrogens (tertiary/aromatic N) is 3. The highest BCUT2D eigenvalue weighted by Gasteiger charge is 2.53. The third kappa shape index (κ3) is 9.33. The zero-order valence-corrected chi connectivity index (χ0v) is 34.4. The van der Waals surface area contributed by atoms with Crippen LogP contribution in [0.25, 0.3) is 5.57 Å². The Bertz CT molecular complexity index is 2300. The van der Waals surface area contributed by atoms with Crippen LogP contribution in [0.1, 0.15) is 61.9 Å². The molecule has 0 spiro atoms. The van der Waals surface area contributed by atoms with Crippen molar-refractivity contribution in [3.8, 4) is 0 Å². The Morgan fingerprint density at radius 2 is 1.48 bits per heavy atom. The van der Waals surface area contributed by atoms with Gasteiger partial charge in [0.25, 0.3) is 31.7 Å². The second kappa shape index (κ2) is 15.4. The van der Waals surface area contributed by atoms with Gasteiger partial charge in [0.2, 0.25) is 0 Å². The Morgan fingerprint density at radius 3 is 2.07 bits per heavy atom. The van der Waals surface area contributed by atoms with Gasteiger partial charge in [0, 0.05) is 55.5 Å². The fraction of sp³-hybridized carbons (Fsp3) is 0.475. The number of piperazine rings is 1. The number of sulfonamides is 1. The molecule has 1 amide bonds. The molecule has 1 saturated carbocycles. The van der Waals surface area contributed by atoms with E-state index < -0.39 is 71.3 Å². The number of allylic oxidation sites excluding steroid dienone is 1. The second-order valence-electron chi connectivity index (χ2n) is 16.7. The number of hydrogen-bond acceptors (Lipinski definition) is 9. The maximum atomic E-state index is 13.8. The molecule has 0 aromatic heterocycles. The Hall–Kier alpha value is -3.77. The number of sulfone groups is 1. The fourth-order valence-electron chi connectivity index (χ4n) is 8.09. The maximum absolute atomic E-state index is 13.8. The van der Waals surface area contributed by atoms with Gasteiger partial charge in [-0.05, 0) is 103 Å². The van der Waals surface area contributed by atoms with Gasteiger partial charge >= 0.3 is 5.51 Å². The number of amides is 1. The summed E-state index contributed by atoms with van der Waals surface area (Å²) in [4.78, 5) is 16.9. The van der Waals surface area contributed by atoms with Crippen LogP contribution in [0.2, 0.25) is 5.02 Å². The molecule has 0 radical (unpaired) electrons. The first-order chi connectivity index (χ1) is 27.0. The summed E-state index contributed by atoms with van der Waals surface area (Å²) >= 11 is 6.16. The monoisotopic (exact) mass is 869 g/mol. The molecule has 3 fully saturated rings. The van der Waals surface area contributed by atoms with Crippen LogP contribution in [0, 0.1) is 5.41 Å². The van der Waals surface area contributed by atoms with E-state index in [2.05, 4.69) is 41.1 Å². The van der Waals surface area contributed by atoms with Crippen LogP contribution in [0.4, 0.5) is 33.3 Å². The van der Waals surface area contributed by atoms with Crippen LogP contribution in [-0.2, 0) is 19.9 Å². The van der Waals surface area contributed by atoms with Crippen LogP contribution in [0.15, 0.2) is 82.1 Å². The number of halogens is 6. The van der Waals surface area contributed by atoms with Crippen molar-refractivity contribution in [2.24, 2.45) is 5.41 Å². The first-order valence-electron chi connectivity index (χ1n) is 19.0. The maximum Gasteiger partial charge on any atom is 0.501 e. The van der Waals surface area contributed by atoms with Crippen molar-refractivity contribution in [2.45, 2.75) is 72.7 Å². The molecule has 2 heterocycles. The van der Waals surface area contributed by atoms with E-state index in [0.717, 1.165) is 69.8 Å². The first kappa shape index (κ1) is 42.4. The van der Waals surface area contributed by atoms with E-state index in [0.29, 0.717) is 23.9 Å². The van der Waals surface area contributed by atoms with Gasteiger partial charge in [-0.1, -0.05) is 43.2 Å². The SMILES string of the molecule is CC1(C)CCC(c2ccc(Cl)cc2)=C(CN2CCN(c3ccc(C(=O)NS(=O)(=O)c4ccc(NC5(CN6CC(F)(F)C6)CC5)c(S(=O)(=O)C(F)(F)F)c4)cc3)CC2)C1. The van der Waals surface area contributed by atoms with Crippen LogP contribution in [0.5, 0.6) is 0 Å². The number of nitrogens with one attached hydrogen (secondary N) is 2. The molecule has 0 bridgehead atoms. The molecule has 7 rings (SSSR count). The summed E-state index contributed by atoms with van der Waals surface area (Å²) in [7, 11) is -11.0. The average Bonchev–Trinajstić information content (AvgIpc) is 3.89. The molecule has 0 unspecified atom stereocenters. The van der Waals surface area contributed by atoms with Crippen molar-refractivity contribution in [3.63, 3.8) is 0 Å². The number of benzene rings is 3. The zero-order chi connectivity index (χ0) is 41.9. The number of anilines is 2. The van der Waals surface area contributed by atoms with E-state index in [-0.39, 0.29) is 17.5 Å². The summed E-state index contributed by atoms with van der Waals surface area (Å²) in [5, 5.41) is 3.46. The summed E-state index contributed by atoms with van der Waals surface area (Å²) in [6.07, 6.45) is 3.86. The number of likely N-dealkylation sites (tertiary alicyclic amines) is 1. The van der Waals surface area contributed by atoms with Gasteiger partial charge in [-0.2, -0.15) is 13.2 Å². The number of alkyl halides is 5. The summed E-state index contributed by atoms with van der Waals surface area (Å²) in [6, 6.07) is 16.4. The Morgan fingerprint density at radius 1 is 0.845 bits per heavy atom. The largest absolute Gasteiger partial charge is 0.501 e. The molecule has 3 aromatic rings. The highest BCUT2D eigenvalue weighted by Crippen LogP contribution is 2.45. The van der Waals surface area contributed by atoms with E-state index in [1.807, 2.05) is 16.9 Å². The topological polar surface area (TPSA) is 119 Å². The third-order valence-electron chi connectivity index (χ3n) is 11.4. The molecule has 4 aliphatic rings. The minimum absolute atomic E-state index is 0.0306. The van der Waals surface area contributed by atoms with E-state index in [4.69, 9.17) is 11.6 Å². The van der Waals surface area contributed by atoms with Gasteiger partial charge in [-0.3, -0.25) is 14.6 Å².